The van der Waals surface area contributed by atoms with Crippen LogP contribution in [0.5, 0.6) is 0 Å². The Bertz CT molecular complexity index is 844. The van der Waals surface area contributed by atoms with Gasteiger partial charge in [0.15, 0.2) is 5.78 Å². The van der Waals surface area contributed by atoms with Gasteiger partial charge in [-0.1, -0.05) is 30.3 Å². The smallest absolute Gasteiger partial charge is 0.251 e. The summed E-state index contributed by atoms with van der Waals surface area (Å²) in [6.07, 6.45) is 0.733. The molecule has 24 heavy (non-hydrogen) atoms. The molecule has 1 aromatic carbocycles. The van der Waals surface area contributed by atoms with E-state index in [9.17, 15) is 14.4 Å². The molecule has 1 aliphatic rings. The Balaban J connectivity index is 2.18. The summed E-state index contributed by atoms with van der Waals surface area (Å²) >= 11 is 1.05. The van der Waals surface area contributed by atoms with Gasteiger partial charge in [-0.05, 0) is 24.0 Å². The van der Waals surface area contributed by atoms with Gasteiger partial charge in [0.25, 0.3) is 5.91 Å². The SMILES string of the molecule is NC(=O)CC1(c2ccccc2)CCc2c(sc(N)c2C(N)=O)C1=O. The summed E-state index contributed by atoms with van der Waals surface area (Å²) in [6.45, 7) is 0. The van der Waals surface area contributed by atoms with Crippen molar-refractivity contribution in [1.29, 1.82) is 0 Å². The molecule has 0 bridgehead atoms. The summed E-state index contributed by atoms with van der Waals surface area (Å²) in [7, 11) is 0. The lowest BCUT2D eigenvalue weighted by atomic mass is 9.66. The van der Waals surface area contributed by atoms with E-state index in [1.165, 1.54) is 0 Å². The first-order valence-electron chi connectivity index (χ1n) is 7.46. The molecule has 0 saturated heterocycles. The van der Waals surface area contributed by atoms with Gasteiger partial charge in [0.2, 0.25) is 5.91 Å². The predicted octanol–water partition coefficient (Wildman–Crippen LogP) is 1.37. The van der Waals surface area contributed by atoms with Crippen molar-refractivity contribution in [2.75, 3.05) is 5.73 Å². The standard InChI is InChI=1S/C17H17N3O3S/c18-11(21)8-17(9-4-2-1-3-5-9)7-6-10-12(15(19)23)16(20)24-13(10)14(17)22/h1-5H,6-8,20H2,(H2,18,21)(H2,19,23). The number of amides is 2. The van der Waals surface area contributed by atoms with Crippen LogP contribution in [0.3, 0.4) is 0 Å². The van der Waals surface area contributed by atoms with Gasteiger partial charge in [-0.2, -0.15) is 0 Å². The van der Waals surface area contributed by atoms with Crippen molar-refractivity contribution in [3.05, 3.63) is 51.9 Å². The maximum absolute atomic E-state index is 13.3. The van der Waals surface area contributed by atoms with Crippen molar-refractivity contribution in [3.8, 4) is 0 Å². The Morgan fingerprint density at radius 1 is 1.17 bits per heavy atom. The highest BCUT2D eigenvalue weighted by molar-refractivity contribution is 7.18. The third-order valence-electron chi connectivity index (χ3n) is 4.53. The lowest BCUT2D eigenvalue weighted by Crippen LogP contribution is -2.43. The van der Waals surface area contributed by atoms with Gasteiger partial charge in [-0.25, -0.2) is 0 Å². The molecule has 0 aliphatic heterocycles. The number of nitrogens with two attached hydrogens (primary N) is 3. The molecule has 0 spiro atoms. The Hall–Kier alpha value is -2.67. The number of rotatable bonds is 4. The molecule has 6 N–H and O–H groups in total. The van der Waals surface area contributed by atoms with Crippen LogP contribution in [0.15, 0.2) is 30.3 Å². The average Bonchev–Trinajstić information content (AvgIpc) is 2.88. The zero-order valence-corrected chi connectivity index (χ0v) is 13.7. The number of benzene rings is 1. The minimum atomic E-state index is -1.02. The van der Waals surface area contributed by atoms with E-state index in [-0.39, 0.29) is 22.8 Å². The van der Waals surface area contributed by atoms with Crippen LogP contribution in [-0.2, 0) is 16.6 Å². The number of primary amides is 2. The Kier molecular flexibility index (Phi) is 3.88. The maximum atomic E-state index is 13.3. The van der Waals surface area contributed by atoms with Crippen molar-refractivity contribution >= 4 is 33.9 Å². The first-order valence-corrected chi connectivity index (χ1v) is 8.28. The molecule has 1 aromatic heterocycles. The summed E-state index contributed by atoms with van der Waals surface area (Å²) in [5.74, 6) is -1.41. The number of anilines is 1. The highest BCUT2D eigenvalue weighted by Gasteiger charge is 2.47. The van der Waals surface area contributed by atoms with Crippen molar-refractivity contribution < 1.29 is 14.4 Å². The number of nitrogen functional groups attached to an aromatic ring is 1. The second-order valence-electron chi connectivity index (χ2n) is 5.93. The molecule has 1 atom stereocenters. The third kappa shape index (κ3) is 2.37. The normalized spacial score (nSPS) is 19.8. The monoisotopic (exact) mass is 343 g/mol. The number of Topliss-reactive ketones (excluding diaryl/α,β-unsaturated/α-hetero) is 1. The van der Waals surface area contributed by atoms with Gasteiger partial charge in [-0.15, -0.1) is 11.3 Å². The fourth-order valence-electron chi connectivity index (χ4n) is 3.45. The molecule has 2 aromatic rings. The van der Waals surface area contributed by atoms with Gasteiger partial charge in [-0.3, -0.25) is 14.4 Å². The number of hydrogen-bond donors (Lipinski definition) is 3. The maximum Gasteiger partial charge on any atom is 0.251 e. The number of hydrogen-bond acceptors (Lipinski definition) is 5. The lowest BCUT2D eigenvalue weighted by Gasteiger charge is -2.35. The molecule has 0 fully saturated rings. The number of carbonyl (C=O) groups is 3. The second-order valence-corrected chi connectivity index (χ2v) is 6.99. The molecule has 7 heteroatoms. The van der Waals surface area contributed by atoms with Crippen molar-refractivity contribution in [2.24, 2.45) is 11.5 Å². The molecule has 1 heterocycles. The summed E-state index contributed by atoms with van der Waals surface area (Å²) in [6, 6.07) is 9.11. The molecule has 6 nitrogen and oxygen atoms in total. The van der Waals surface area contributed by atoms with E-state index in [0.29, 0.717) is 23.3 Å². The Morgan fingerprint density at radius 2 is 1.83 bits per heavy atom. The molecular weight excluding hydrogens is 326 g/mol. The number of ketones is 1. The summed E-state index contributed by atoms with van der Waals surface area (Å²) < 4.78 is 0. The van der Waals surface area contributed by atoms with Gasteiger partial charge >= 0.3 is 0 Å². The quantitative estimate of drug-likeness (QED) is 0.774. The molecule has 0 radical (unpaired) electrons. The van der Waals surface area contributed by atoms with Crippen LogP contribution in [0, 0.1) is 0 Å². The summed E-state index contributed by atoms with van der Waals surface area (Å²) in [5.41, 5.74) is 17.2. The fraction of sp³-hybridized carbons (Fsp3) is 0.235. The van der Waals surface area contributed by atoms with Crippen LogP contribution in [0.2, 0.25) is 0 Å². The predicted molar refractivity (Wildman–Crippen MR) is 91.8 cm³/mol. The van der Waals surface area contributed by atoms with E-state index in [0.717, 1.165) is 16.9 Å². The molecule has 2 amide bonds. The van der Waals surface area contributed by atoms with E-state index in [4.69, 9.17) is 17.2 Å². The van der Waals surface area contributed by atoms with Crippen LogP contribution in [0.4, 0.5) is 5.00 Å². The average molecular weight is 343 g/mol. The van der Waals surface area contributed by atoms with E-state index >= 15 is 0 Å². The summed E-state index contributed by atoms with van der Waals surface area (Å²) in [4.78, 5) is 37.0. The van der Waals surface area contributed by atoms with Crippen LogP contribution < -0.4 is 17.2 Å². The van der Waals surface area contributed by atoms with Gasteiger partial charge in [0, 0.05) is 6.42 Å². The van der Waals surface area contributed by atoms with Crippen LogP contribution in [0.1, 0.15) is 44.0 Å². The largest absolute Gasteiger partial charge is 0.390 e. The number of fused-ring (bicyclic) bond motifs is 1. The molecule has 124 valence electrons. The minimum absolute atomic E-state index is 0.0843. The van der Waals surface area contributed by atoms with Crippen LogP contribution in [0.25, 0.3) is 0 Å². The van der Waals surface area contributed by atoms with Crippen molar-refractivity contribution in [3.63, 3.8) is 0 Å². The molecule has 3 rings (SSSR count). The zero-order valence-electron chi connectivity index (χ0n) is 12.9. The first-order chi connectivity index (χ1) is 11.4. The molecule has 1 unspecified atom stereocenters. The zero-order chi connectivity index (χ0) is 17.5. The highest BCUT2D eigenvalue weighted by Crippen LogP contribution is 2.46. The number of carbonyl (C=O) groups excluding carboxylic acids is 3. The number of thiophene rings is 1. The fourth-order valence-corrected chi connectivity index (χ4v) is 4.61. The molecular formula is C17H17N3O3S. The van der Waals surface area contributed by atoms with E-state index < -0.39 is 17.2 Å². The van der Waals surface area contributed by atoms with Crippen molar-refractivity contribution in [1.82, 2.24) is 0 Å². The minimum Gasteiger partial charge on any atom is -0.390 e. The third-order valence-corrected chi connectivity index (χ3v) is 5.59. The van der Waals surface area contributed by atoms with Crippen molar-refractivity contribution in [2.45, 2.75) is 24.7 Å². The summed E-state index contributed by atoms with van der Waals surface area (Å²) in [5, 5.41) is 0.240. The van der Waals surface area contributed by atoms with Crippen LogP contribution in [-0.4, -0.2) is 17.6 Å². The van der Waals surface area contributed by atoms with Gasteiger partial charge in [0.1, 0.15) is 0 Å². The van der Waals surface area contributed by atoms with Gasteiger partial charge < -0.3 is 17.2 Å². The topological polar surface area (TPSA) is 129 Å². The Labute approximate surface area is 142 Å². The van der Waals surface area contributed by atoms with E-state index in [2.05, 4.69) is 0 Å². The van der Waals surface area contributed by atoms with Crippen LogP contribution >= 0.6 is 11.3 Å². The second kappa shape index (κ2) is 5.76. The highest BCUT2D eigenvalue weighted by atomic mass is 32.1. The molecule has 0 saturated carbocycles. The van der Waals surface area contributed by atoms with E-state index in [1.54, 1.807) is 0 Å². The van der Waals surface area contributed by atoms with E-state index in [1.807, 2.05) is 30.3 Å². The Morgan fingerprint density at radius 3 is 2.42 bits per heavy atom. The molecule has 1 aliphatic carbocycles. The van der Waals surface area contributed by atoms with Gasteiger partial charge in [0.05, 0.1) is 20.9 Å². The first kappa shape index (κ1) is 16.2. The lowest BCUT2D eigenvalue weighted by molar-refractivity contribution is -0.119.